The van der Waals surface area contributed by atoms with Gasteiger partial charge < -0.3 is 4.33 Å². The lowest BCUT2D eigenvalue weighted by Crippen LogP contribution is -1.96. The van der Waals surface area contributed by atoms with Crippen LogP contribution in [0.3, 0.4) is 0 Å². The van der Waals surface area contributed by atoms with E-state index < -0.39 is 0 Å². The summed E-state index contributed by atoms with van der Waals surface area (Å²) in [5.41, 5.74) is 1.42. The van der Waals surface area contributed by atoms with Crippen LogP contribution < -0.4 is 0 Å². The highest BCUT2D eigenvalue weighted by molar-refractivity contribution is 7.88. The molecule has 9 heavy (non-hydrogen) atoms. The molecule has 1 nitrogen and oxygen atoms in total. The first-order valence-corrected chi connectivity index (χ1v) is 5.60. The van der Waals surface area contributed by atoms with Crippen molar-refractivity contribution in [2.24, 2.45) is 0 Å². The van der Waals surface area contributed by atoms with E-state index in [9.17, 15) is 0 Å². The lowest BCUT2D eigenvalue weighted by Gasteiger charge is -2.07. The molecule has 0 aliphatic rings. The van der Waals surface area contributed by atoms with Gasteiger partial charge in [0, 0.05) is 19.8 Å². The molecule has 0 amide bonds. The molecular weight excluding hydrogens is 148 g/mol. The lowest BCUT2D eigenvalue weighted by molar-refractivity contribution is 0.636. The van der Waals surface area contributed by atoms with Crippen LogP contribution in [0.1, 0.15) is 25.6 Å². The Bertz CT molecular complexity index is 193. The third kappa shape index (κ3) is 1.53. The first-order valence-electron chi connectivity index (χ1n) is 3.08. The van der Waals surface area contributed by atoms with Crippen molar-refractivity contribution in [3.8, 4) is 0 Å². The zero-order chi connectivity index (χ0) is 6.85. The molecule has 0 saturated carbocycles. The van der Waals surface area contributed by atoms with Gasteiger partial charge >= 0.3 is 0 Å². The Morgan fingerprint density at radius 1 is 1.56 bits per heavy atom. The number of aryl methyl sites for hydroxylation is 1. The zero-order valence-electron chi connectivity index (χ0n) is 6.00. The van der Waals surface area contributed by atoms with Gasteiger partial charge in [-0.05, 0) is 34.4 Å². The summed E-state index contributed by atoms with van der Waals surface area (Å²) < 4.78 is 2.39. The summed E-state index contributed by atoms with van der Waals surface area (Å²) >= 11 is 0. The Morgan fingerprint density at radius 3 is 2.44 bits per heavy atom. The van der Waals surface area contributed by atoms with Gasteiger partial charge in [0.15, 0.2) is 0 Å². The number of hydrogen-bond donors (Lipinski definition) is 0. The van der Waals surface area contributed by atoms with Crippen LogP contribution in [0.25, 0.3) is 0 Å². The Kier molecular flexibility index (Phi) is 2.27. The van der Waals surface area contributed by atoms with E-state index in [4.69, 9.17) is 0 Å². The van der Waals surface area contributed by atoms with Gasteiger partial charge in [-0.25, -0.2) is 0 Å². The summed E-state index contributed by atoms with van der Waals surface area (Å²) in [5, 5.41) is 0. The molecule has 0 atom stereocenters. The van der Waals surface area contributed by atoms with Crippen molar-refractivity contribution in [3.63, 3.8) is 0 Å². The fourth-order valence-corrected chi connectivity index (χ4v) is 3.79. The van der Waals surface area contributed by atoms with E-state index in [1.165, 1.54) is 21.6 Å². The largest absolute Gasteiger partial charge is 0.322 e. The Morgan fingerprint density at radius 2 is 2.22 bits per heavy atom. The first-order chi connectivity index (χ1) is 4.22. The molecule has 0 spiro atoms. The highest BCUT2D eigenvalue weighted by Gasteiger charge is 1.98. The van der Waals surface area contributed by atoms with Crippen LogP contribution in [0.5, 0.6) is 0 Å². The van der Waals surface area contributed by atoms with Crippen LogP contribution in [-0.2, 0) is 0 Å². The van der Waals surface area contributed by atoms with Gasteiger partial charge in [0.25, 0.3) is 0 Å². The van der Waals surface area contributed by atoms with Gasteiger partial charge in [0.1, 0.15) is 0 Å². The monoisotopic (exact) mass is 159 g/mol. The molecule has 1 rings (SSSR count). The van der Waals surface area contributed by atoms with E-state index in [2.05, 4.69) is 30.9 Å². The second-order valence-corrected chi connectivity index (χ2v) is 4.74. The number of nitrogens with zero attached hydrogens (tertiary/aromatic N) is 1. The fourth-order valence-electron chi connectivity index (χ4n) is 0.805. The smallest absolute Gasteiger partial charge is 0.0467 e. The second kappa shape index (κ2) is 2.82. The van der Waals surface area contributed by atoms with Gasteiger partial charge in [-0.3, -0.25) is 0 Å². The zero-order valence-corrected chi connectivity index (χ0v) is 7.79. The maximum Gasteiger partial charge on any atom is 0.0467 e. The number of rotatable bonds is 1. The SMILES string of the molecule is Cc1cppn1C(C)C. The predicted molar refractivity (Wildman–Crippen MR) is 44.6 cm³/mol. The fraction of sp³-hybridized carbons (Fsp3) is 0.667. The van der Waals surface area contributed by atoms with Crippen molar-refractivity contribution in [3.05, 3.63) is 11.5 Å². The maximum atomic E-state index is 2.39. The van der Waals surface area contributed by atoms with Gasteiger partial charge in [0.05, 0.1) is 0 Å². The van der Waals surface area contributed by atoms with Crippen LogP contribution in [-0.4, -0.2) is 4.33 Å². The molecule has 1 aromatic rings. The van der Waals surface area contributed by atoms with Crippen molar-refractivity contribution in [1.82, 2.24) is 4.33 Å². The maximum absolute atomic E-state index is 2.39. The predicted octanol–water partition coefficient (Wildman–Crippen LogP) is 3.54. The van der Waals surface area contributed by atoms with Crippen molar-refractivity contribution in [2.75, 3.05) is 0 Å². The highest BCUT2D eigenvalue weighted by Crippen LogP contribution is 2.27. The molecule has 1 heterocycles. The quantitative estimate of drug-likeness (QED) is 0.590. The Labute approximate surface area is 59.3 Å². The Hall–Kier alpha value is 0.140. The average Bonchev–Trinajstić information content (AvgIpc) is 2.13. The summed E-state index contributed by atoms with van der Waals surface area (Å²) in [4.78, 5) is 0. The number of aromatic nitrogens is 1. The van der Waals surface area contributed by atoms with Crippen LogP contribution >= 0.6 is 15.9 Å². The summed E-state index contributed by atoms with van der Waals surface area (Å²) in [6.45, 7) is 6.63. The van der Waals surface area contributed by atoms with Gasteiger partial charge in [-0.1, -0.05) is 0 Å². The second-order valence-electron chi connectivity index (χ2n) is 2.41. The molecule has 50 valence electrons. The molecule has 0 aromatic carbocycles. The Balaban J connectivity index is 2.94. The van der Waals surface area contributed by atoms with E-state index in [-0.39, 0.29) is 0 Å². The minimum Gasteiger partial charge on any atom is -0.322 e. The van der Waals surface area contributed by atoms with Crippen molar-refractivity contribution < 1.29 is 0 Å². The van der Waals surface area contributed by atoms with E-state index in [0.29, 0.717) is 6.04 Å². The molecule has 0 aliphatic heterocycles. The molecule has 0 saturated heterocycles. The standard InChI is InChI=1S/C6H11NP2/c1-5(2)7-6(3)4-8-9-7/h4-5H,1-3H3. The van der Waals surface area contributed by atoms with Crippen molar-refractivity contribution in [2.45, 2.75) is 26.8 Å². The molecule has 0 radical (unpaired) electrons. The normalized spacial score (nSPS) is 12.4. The minimum absolute atomic E-state index is 0.665. The summed E-state index contributed by atoms with van der Waals surface area (Å²) in [6.07, 6.45) is 0. The number of hydrogen-bond acceptors (Lipinski definition) is 0. The van der Waals surface area contributed by atoms with Crippen molar-refractivity contribution >= 4 is 15.9 Å². The molecule has 0 N–H and O–H groups in total. The van der Waals surface area contributed by atoms with E-state index in [1.807, 2.05) is 0 Å². The van der Waals surface area contributed by atoms with E-state index in [0.717, 1.165) is 0 Å². The van der Waals surface area contributed by atoms with E-state index >= 15 is 0 Å². The van der Waals surface area contributed by atoms with Crippen LogP contribution in [0, 0.1) is 6.92 Å². The summed E-state index contributed by atoms with van der Waals surface area (Å²) in [7, 11) is 2.85. The third-order valence-corrected chi connectivity index (χ3v) is 4.04. The molecule has 0 unspecified atom stereocenters. The highest BCUT2D eigenvalue weighted by atomic mass is 31.8. The molecule has 3 heteroatoms. The topological polar surface area (TPSA) is 4.93 Å². The molecule has 1 aromatic heterocycles. The molecule has 0 aliphatic carbocycles. The van der Waals surface area contributed by atoms with Gasteiger partial charge in [0.2, 0.25) is 0 Å². The third-order valence-electron chi connectivity index (χ3n) is 1.24. The van der Waals surface area contributed by atoms with Crippen molar-refractivity contribution in [1.29, 1.82) is 0 Å². The van der Waals surface area contributed by atoms with Gasteiger partial charge in [-0.15, -0.1) is 0 Å². The van der Waals surface area contributed by atoms with Gasteiger partial charge in [-0.2, -0.15) is 0 Å². The molecule has 0 fully saturated rings. The van der Waals surface area contributed by atoms with Crippen LogP contribution in [0.2, 0.25) is 0 Å². The minimum atomic E-state index is 0.665. The van der Waals surface area contributed by atoms with E-state index in [1.54, 1.807) is 0 Å². The van der Waals surface area contributed by atoms with Crippen LogP contribution in [0.15, 0.2) is 5.80 Å². The summed E-state index contributed by atoms with van der Waals surface area (Å²) in [5.74, 6) is 2.27. The van der Waals surface area contributed by atoms with Crippen LogP contribution in [0.4, 0.5) is 0 Å². The lowest BCUT2D eigenvalue weighted by atomic mass is 10.4. The molecule has 0 bridgehead atoms. The molecular formula is C6H11NP2. The summed E-state index contributed by atoms with van der Waals surface area (Å²) in [6, 6.07) is 0.665. The first kappa shape index (κ1) is 7.25. The average molecular weight is 159 g/mol.